The molecule has 5 heteroatoms. The zero-order valence-corrected chi connectivity index (χ0v) is 9.10. The van der Waals surface area contributed by atoms with Crippen molar-refractivity contribution in [2.75, 3.05) is 13.6 Å². The van der Waals surface area contributed by atoms with Gasteiger partial charge in [-0.05, 0) is 19.4 Å². The number of allylic oxidation sites excluding steroid dienone is 1. The van der Waals surface area contributed by atoms with Gasteiger partial charge in [-0.3, -0.25) is 4.79 Å². The number of hydrogen-bond donors (Lipinski definition) is 1. The Kier molecular flexibility index (Phi) is 4.03. The number of ketones is 1. The van der Waals surface area contributed by atoms with Crippen LogP contribution in [0.3, 0.4) is 0 Å². The SMILES string of the molecule is C=CC(=O)/C(C)=N\NC1C=NN(C)CC1. The molecule has 0 aromatic heterocycles. The summed E-state index contributed by atoms with van der Waals surface area (Å²) >= 11 is 0. The van der Waals surface area contributed by atoms with Gasteiger partial charge in [0, 0.05) is 19.8 Å². The van der Waals surface area contributed by atoms with E-state index in [1.165, 1.54) is 6.08 Å². The third kappa shape index (κ3) is 3.53. The van der Waals surface area contributed by atoms with Crippen molar-refractivity contribution < 1.29 is 4.79 Å². The lowest BCUT2D eigenvalue weighted by molar-refractivity contribution is -0.108. The summed E-state index contributed by atoms with van der Waals surface area (Å²) in [5, 5.41) is 9.97. The van der Waals surface area contributed by atoms with Gasteiger partial charge in [-0.15, -0.1) is 0 Å². The summed E-state index contributed by atoms with van der Waals surface area (Å²) in [7, 11) is 1.92. The number of carbonyl (C=O) groups is 1. The zero-order valence-electron chi connectivity index (χ0n) is 9.10. The molecule has 82 valence electrons. The molecule has 1 atom stereocenters. The number of nitrogens with zero attached hydrogens (tertiary/aromatic N) is 3. The average Bonchev–Trinajstić information content (AvgIpc) is 2.26. The van der Waals surface area contributed by atoms with Gasteiger partial charge in [0.1, 0.15) is 5.71 Å². The van der Waals surface area contributed by atoms with Crippen LogP contribution in [0.1, 0.15) is 13.3 Å². The van der Waals surface area contributed by atoms with Crippen molar-refractivity contribution in [1.82, 2.24) is 10.4 Å². The van der Waals surface area contributed by atoms with Crippen LogP contribution in [-0.4, -0.2) is 42.4 Å². The Morgan fingerprint density at radius 2 is 2.53 bits per heavy atom. The standard InChI is InChI=1S/C10H16N4O/c1-4-10(15)8(2)12-13-9-5-6-14(3)11-7-9/h4,7,9,13H,1,5-6H2,2-3H3/b12-8-. The highest BCUT2D eigenvalue weighted by molar-refractivity contribution is 6.42. The van der Waals surface area contributed by atoms with Crippen LogP contribution < -0.4 is 5.43 Å². The van der Waals surface area contributed by atoms with Crippen molar-refractivity contribution in [2.45, 2.75) is 19.4 Å². The smallest absolute Gasteiger partial charge is 0.200 e. The highest BCUT2D eigenvalue weighted by Crippen LogP contribution is 2.00. The number of hydrazone groups is 2. The first kappa shape index (κ1) is 11.4. The van der Waals surface area contributed by atoms with Gasteiger partial charge in [-0.1, -0.05) is 6.58 Å². The molecule has 0 fully saturated rings. The highest BCUT2D eigenvalue weighted by Gasteiger charge is 2.11. The molecule has 15 heavy (non-hydrogen) atoms. The average molecular weight is 208 g/mol. The Balaban J connectivity index is 2.46. The van der Waals surface area contributed by atoms with Crippen molar-refractivity contribution >= 4 is 17.7 Å². The molecule has 0 spiro atoms. The summed E-state index contributed by atoms with van der Waals surface area (Å²) in [6.45, 7) is 5.94. The van der Waals surface area contributed by atoms with Crippen molar-refractivity contribution in [2.24, 2.45) is 10.2 Å². The molecule has 0 aromatic carbocycles. The van der Waals surface area contributed by atoms with Crippen LogP contribution in [0.2, 0.25) is 0 Å². The van der Waals surface area contributed by atoms with Gasteiger partial charge >= 0.3 is 0 Å². The predicted octanol–water partition coefficient (Wildman–Crippen LogP) is 0.397. The Hall–Kier alpha value is -1.65. The second kappa shape index (κ2) is 5.29. The monoisotopic (exact) mass is 208 g/mol. The molecule has 1 unspecified atom stereocenters. The third-order valence-electron chi connectivity index (χ3n) is 2.15. The molecule has 5 nitrogen and oxygen atoms in total. The van der Waals surface area contributed by atoms with Crippen LogP contribution in [0.25, 0.3) is 0 Å². The van der Waals surface area contributed by atoms with Gasteiger partial charge in [-0.2, -0.15) is 10.2 Å². The molecule has 0 radical (unpaired) electrons. The maximum absolute atomic E-state index is 11.1. The molecular weight excluding hydrogens is 192 g/mol. The third-order valence-corrected chi connectivity index (χ3v) is 2.15. The molecular formula is C10H16N4O. The lowest BCUT2D eigenvalue weighted by Gasteiger charge is -2.22. The second-order valence-corrected chi connectivity index (χ2v) is 3.44. The van der Waals surface area contributed by atoms with Crippen LogP contribution in [0.15, 0.2) is 22.9 Å². The van der Waals surface area contributed by atoms with Crippen LogP contribution in [0, 0.1) is 0 Å². The van der Waals surface area contributed by atoms with Crippen molar-refractivity contribution in [1.29, 1.82) is 0 Å². The predicted molar refractivity (Wildman–Crippen MR) is 61.0 cm³/mol. The van der Waals surface area contributed by atoms with Crippen LogP contribution in [0.4, 0.5) is 0 Å². The Morgan fingerprint density at radius 3 is 3.07 bits per heavy atom. The van der Waals surface area contributed by atoms with E-state index in [0.29, 0.717) is 5.71 Å². The Bertz CT molecular complexity index is 309. The molecule has 0 amide bonds. The molecule has 1 rings (SSSR count). The van der Waals surface area contributed by atoms with E-state index in [1.54, 1.807) is 13.1 Å². The summed E-state index contributed by atoms with van der Waals surface area (Å²) in [5.74, 6) is -0.160. The maximum atomic E-state index is 11.1. The Labute approximate surface area is 89.5 Å². The van der Waals surface area contributed by atoms with E-state index < -0.39 is 0 Å². The first-order valence-electron chi connectivity index (χ1n) is 4.85. The molecule has 0 saturated heterocycles. The lowest BCUT2D eigenvalue weighted by atomic mass is 10.2. The summed E-state index contributed by atoms with van der Waals surface area (Å²) in [4.78, 5) is 11.1. The minimum Gasteiger partial charge on any atom is -0.301 e. The van der Waals surface area contributed by atoms with Crippen molar-refractivity contribution in [3.05, 3.63) is 12.7 Å². The van der Waals surface area contributed by atoms with Crippen LogP contribution in [-0.2, 0) is 4.79 Å². The van der Waals surface area contributed by atoms with E-state index in [0.717, 1.165) is 13.0 Å². The van der Waals surface area contributed by atoms with E-state index in [-0.39, 0.29) is 11.8 Å². The van der Waals surface area contributed by atoms with E-state index in [2.05, 4.69) is 22.2 Å². The summed E-state index contributed by atoms with van der Waals surface area (Å²) < 4.78 is 0. The lowest BCUT2D eigenvalue weighted by Crippen LogP contribution is -2.35. The molecule has 0 aliphatic carbocycles. The van der Waals surface area contributed by atoms with E-state index in [1.807, 2.05) is 12.1 Å². The molecule has 1 aliphatic rings. The summed E-state index contributed by atoms with van der Waals surface area (Å²) in [6.07, 6.45) is 3.97. The van der Waals surface area contributed by atoms with Crippen molar-refractivity contribution in [3.63, 3.8) is 0 Å². The summed E-state index contributed by atoms with van der Waals surface area (Å²) in [5.41, 5.74) is 3.31. The van der Waals surface area contributed by atoms with Gasteiger partial charge in [0.05, 0.1) is 6.04 Å². The van der Waals surface area contributed by atoms with E-state index >= 15 is 0 Å². The van der Waals surface area contributed by atoms with E-state index in [4.69, 9.17) is 0 Å². The van der Waals surface area contributed by atoms with Crippen molar-refractivity contribution in [3.8, 4) is 0 Å². The maximum Gasteiger partial charge on any atom is 0.200 e. The molecule has 1 heterocycles. The fourth-order valence-corrected chi connectivity index (χ4v) is 1.13. The van der Waals surface area contributed by atoms with E-state index in [9.17, 15) is 4.79 Å². The van der Waals surface area contributed by atoms with Gasteiger partial charge in [-0.25, -0.2) is 0 Å². The number of hydrogen-bond acceptors (Lipinski definition) is 5. The van der Waals surface area contributed by atoms with Gasteiger partial charge in [0.25, 0.3) is 0 Å². The van der Waals surface area contributed by atoms with Gasteiger partial charge in [0.15, 0.2) is 0 Å². The fraction of sp³-hybridized carbons (Fsp3) is 0.500. The van der Waals surface area contributed by atoms with Gasteiger partial charge < -0.3 is 10.4 Å². The molecule has 0 aromatic rings. The molecule has 1 N–H and O–H groups in total. The van der Waals surface area contributed by atoms with Gasteiger partial charge in [0.2, 0.25) is 5.78 Å². The largest absolute Gasteiger partial charge is 0.301 e. The number of rotatable bonds is 4. The highest BCUT2D eigenvalue weighted by atomic mass is 16.1. The number of nitrogens with one attached hydrogen (secondary N) is 1. The number of carbonyl (C=O) groups excluding carboxylic acids is 1. The zero-order chi connectivity index (χ0) is 11.3. The minimum absolute atomic E-state index is 0.105. The van der Waals surface area contributed by atoms with Crippen LogP contribution >= 0.6 is 0 Å². The second-order valence-electron chi connectivity index (χ2n) is 3.44. The minimum atomic E-state index is -0.160. The topological polar surface area (TPSA) is 57.1 Å². The molecule has 0 saturated carbocycles. The quantitative estimate of drug-likeness (QED) is 0.413. The van der Waals surface area contributed by atoms with Crippen LogP contribution in [0.5, 0.6) is 0 Å². The summed E-state index contributed by atoms with van der Waals surface area (Å²) in [6, 6.07) is 0.105. The molecule has 1 aliphatic heterocycles. The Morgan fingerprint density at radius 1 is 1.80 bits per heavy atom. The molecule has 0 bridgehead atoms. The normalized spacial score (nSPS) is 21.3. The first-order chi connectivity index (χ1) is 7.13. The first-order valence-corrected chi connectivity index (χ1v) is 4.85. The fourth-order valence-electron chi connectivity index (χ4n) is 1.13.